The van der Waals surface area contributed by atoms with E-state index in [0.29, 0.717) is 10.1 Å². The van der Waals surface area contributed by atoms with Crippen LogP contribution in [0.15, 0.2) is 93.4 Å². The first kappa shape index (κ1) is 22.0. The maximum absolute atomic E-state index is 6.37. The predicted molar refractivity (Wildman–Crippen MR) is 138 cm³/mol. The van der Waals surface area contributed by atoms with Crippen molar-refractivity contribution in [3.05, 3.63) is 107 Å². The summed E-state index contributed by atoms with van der Waals surface area (Å²) in [6.45, 7) is 4.20. The molecule has 4 aromatic rings. The molecule has 1 saturated heterocycles. The molecule has 7 heteroatoms. The Kier molecular flexibility index (Phi) is 6.15. The van der Waals surface area contributed by atoms with Gasteiger partial charge in [0.2, 0.25) is 0 Å². The standard InChI is InChI=1S/C26H22ClN3OS2/c1-16-13-17(2)15-19(14-16)30-25(24(29-26(30)32)21-5-3-4-12-28-21)22-10-11-23(31-22)33-20-8-6-18(27)7-9-20/h3-15,24-25H,1-2H3,(H,29,32)/t24-,25+/m0/s1. The highest BCUT2D eigenvalue weighted by Gasteiger charge is 2.42. The summed E-state index contributed by atoms with van der Waals surface area (Å²) in [6.07, 6.45) is 1.81. The zero-order valence-corrected chi connectivity index (χ0v) is 20.5. The van der Waals surface area contributed by atoms with Crippen LogP contribution in [0.2, 0.25) is 5.02 Å². The van der Waals surface area contributed by atoms with Crippen molar-refractivity contribution in [1.82, 2.24) is 10.3 Å². The number of anilines is 1. The zero-order chi connectivity index (χ0) is 22.9. The van der Waals surface area contributed by atoms with Crippen molar-refractivity contribution in [2.45, 2.75) is 35.9 Å². The van der Waals surface area contributed by atoms with E-state index >= 15 is 0 Å². The molecule has 2 aromatic heterocycles. The lowest BCUT2D eigenvalue weighted by Gasteiger charge is -2.26. The lowest BCUT2D eigenvalue weighted by Crippen LogP contribution is -2.29. The maximum atomic E-state index is 6.37. The highest BCUT2D eigenvalue weighted by molar-refractivity contribution is 7.99. The SMILES string of the molecule is Cc1cc(C)cc(N2C(=S)N[C@@H](c3ccccn3)[C@H]2c2ccc(Sc3ccc(Cl)cc3)o2)c1. The predicted octanol–water partition coefficient (Wildman–Crippen LogP) is 7.27. The number of aryl methyl sites for hydroxylation is 2. The van der Waals surface area contributed by atoms with E-state index < -0.39 is 0 Å². The third-order valence-corrected chi connectivity index (χ3v) is 7.00. The molecule has 2 atom stereocenters. The van der Waals surface area contributed by atoms with E-state index in [9.17, 15) is 0 Å². The average molecular weight is 492 g/mol. The summed E-state index contributed by atoms with van der Waals surface area (Å²) in [5, 5.41) is 5.67. The summed E-state index contributed by atoms with van der Waals surface area (Å²) in [5.41, 5.74) is 4.33. The molecule has 0 saturated carbocycles. The van der Waals surface area contributed by atoms with Gasteiger partial charge in [0, 0.05) is 21.8 Å². The summed E-state index contributed by atoms with van der Waals surface area (Å²) >= 11 is 13.4. The van der Waals surface area contributed by atoms with Crippen molar-refractivity contribution in [2.75, 3.05) is 4.90 Å². The van der Waals surface area contributed by atoms with Crippen LogP contribution in [0, 0.1) is 13.8 Å². The largest absolute Gasteiger partial charge is 0.452 e. The highest BCUT2D eigenvalue weighted by Crippen LogP contribution is 2.43. The van der Waals surface area contributed by atoms with Gasteiger partial charge in [0.05, 0.1) is 11.7 Å². The summed E-state index contributed by atoms with van der Waals surface area (Å²) in [5.74, 6) is 0.827. The summed E-state index contributed by atoms with van der Waals surface area (Å²) in [7, 11) is 0. The van der Waals surface area contributed by atoms with Crippen LogP contribution >= 0.6 is 35.6 Å². The molecule has 3 heterocycles. The van der Waals surface area contributed by atoms with E-state index in [2.05, 4.69) is 47.2 Å². The molecule has 5 rings (SSSR count). The Morgan fingerprint density at radius 2 is 1.76 bits per heavy atom. The number of thiocarbonyl (C=S) groups is 1. The molecule has 1 aliphatic heterocycles. The Balaban J connectivity index is 1.54. The minimum atomic E-state index is -0.173. The molecule has 0 aliphatic carbocycles. The Labute approximate surface area is 208 Å². The van der Waals surface area contributed by atoms with Crippen LogP contribution in [0.5, 0.6) is 0 Å². The van der Waals surface area contributed by atoms with Crippen LogP contribution in [0.1, 0.15) is 34.7 Å². The van der Waals surface area contributed by atoms with Gasteiger partial charge in [0.25, 0.3) is 0 Å². The van der Waals surface area contributed by atoms with Gasteiger partial charge in [-0.05, 0) is 97.9 Å². The zero-order valence-electron chi connectivity index (χ0n) is 18.2. The van der Waals surface area contributed by atoms with E-state index in [1.54, 1.807) is 18.0 Å². The van der Waals surface area contributed by atoms with Gasteiger partial charge in [0.1, 0.15) is 11.8 Å². The molecule has 166 valence electrons. The first-order valence-corrected chi connectivity index (χ1v) is 12.2. The lowest BCUT2D eigenvalue weighted by atomic mass is 10.0. The topological polar surface area (TPSA) is 41.3 Å². The van der Waals surface area contributed by atoms with Gasteiger partial charge in [-0.25, -0.2) is 0 Å². The van der Waals surface area contributed by atoms with Crippen molar-refractivity contribution in [3.8, 4) is 0 Å². The number of halogens is 1. The number of hydrogen-bond donors (Lipinski definition) is 1. The third kappa shape index (κ3) is 4.64. The quantitative estimate of drug-likeness (QED) is 0.296. The minimum Gasteiger partial charge on any atom is -0.452 e. The van der Waals surface area contributed by atoms with Gasteiger partial charge in [-0.15, -0.1) is 0 Å². The van der Waals surface area contributed by atoms with Crippen molar-refractivity contribution in [1.29, 1.82) is 0 Å². The summed E-state index contributed by atoms with van der Waals surface area (Å²) in [6, 6.07) is 23.9. The van der Waals surface area contributed by atoms with Crippen LogP contribution in [-0.4, -0.2) is 10.1 Å². The van der Waals surface area contributed by atoms with E-state index in [4.69, 9.17) is 28.2 Å². The smallest absolute Gasteiger partial charge is 0.174 e. The third-order valence-electron chi connectivity index (χ3n) is 5.51. The Hall–Kier alpha value is -2.80. The number of pyridine rings is 1. The Bertz CT molecular complexity index is 1270. The van der Waals surface area contributed by atoms with E-state index in [-0.39, 0.29) is 12.1 Å². The second-order valence-corrected chi connectivity index (χ2v) is 9.96. The van der Waals surface area contributed by atoms with Crippen LogP contribution in [0.4, 0.5) is 5.69 Å². The van der Waals surface area contributed by atoms with Crippen LogP contribution < -0.4 is 10.2 Å². The highest BCUT2D eigenvalue weighted by atomic mass is 35.5. The molecule has 2 aromatic carbocycles. The maximum Gasteiger partial charge on any atom is 0.174 e. The normalized spacial score (nSPS) is 17.9. The molecule has 0 unspecified atom stereocenters. The Morgan fingerprint density at radius 1 is 1.00 bits per heavy atom. The van der Waals surface area contributed by atoms with Crippen molar-refractivity contribution in [3.63, 3.8) is 0 Å². The van der Waals surface area contributed by atoms with Gasteiger partial charge in [0.15, 0.2) is 10.2 Å². The van der Waals surface area contributed by atoms with Crippen molar-refractivity contribution < 1.29 is 4.42 Å². The first-order chi connectivity index (χ1) is 16.0. The van der Waals surface area contributed by atoms with Gasteiger partial charge in [-0.2, -0.15) is 0 Å². The monoisotopic (exact) mass is 491 g/mol. The molecule has 0 radical (unpaired) electrons. The molecule has 4 nitrogen and oxygen atoms in total. The fourth-order valence-electron chi connectivity index (χ4n) is 4.18. The fraction of sp³-hybridized carbons (Fsp3) is 0.154. The fourth-order valence-corrected chi connectivity index (χ4v) is 5.43. The number of benzene rings is 2. The minimum absolute atomic E-state index is 0.140. The van der Waals surface area contributed by atoms with Gasteiger partial charge >= 0.3 is 0 Å². The van der Waals surface area contributed by atoms with Gasteiger partial charge < -0.3 is 14.6 Å². The lowest BCUT2D eigenvalue weighted by molar-refractivity contribution is 0.383. The molecule has 0 amide bonds. The number of aromatic nitrogens is 1. The number of nitrogens with zero attached hydrogens (tertiary/aromatic N) is 2. The molecule has 0 spiro atoms. The number of furan rings is 1. The second-order valence-electron chi connectivity index (χ2n) is 8.06. The van der Waals surface area contributed by atoms with Crippen molar-refractivity contribution >= 4 is 46.4 Å². The first-order valence-electron chi connectivity index (χ1n) is 10.6. The van der Waals surface area contributed by atoms with Gasteiger partial charge in [-0.3, -0.25) is 4.98 Å². The number of rotatable bonds is 5. The molecule has 1 fully saturated rings. The van der Waals surface area contributed by atoms with Crippen LogP contribution in [0.25, 0.3) is 0 Å². The van der Waals surface area contributed by atoms with Crippen LogP contribution in [-0.2, 0) is 0 Å². The average Bonchev–Trinajstić information content (AvgIpc) is 3.39. The van der Waals surface area contributed by atoms with E-state index in [1.165, 1.54) is 11.1 Å². The molecular formula is C26H22ClN3OS2. The summed E-state index contributed by atoms with van der Waals surface area (Å²) < 4.78 is 6.37. The molecular weight excluding hydrogens is 470 g/mol. The molecule has 1 aliphatic rings. The summed E-state index contributed by atoms with van der Waals surface area (Å²) in [4.78, 5) is 7.81. The molecule has 33 heavy (non-hydrogen) atoms. The van der Waals surface area contributed by atoms with E-state index in [1.807, 2.05) is 54.6 Å². The van der Waals surface area contributed by atoms with E-state index in [0.717, 1.165) is 27.1 Å². The molecule has 0 bridgehead atoms. The number of hydrogen-bond acceptors (Lipinski definition) is 4. The number of nitrogens with one attached hydrogen (secondary N) is 1. The van der Waals surface area contributed by atoms with Crippen LogP contribution in [0.3, 0.4) is 0 Å². The Morgan fingerprint density at radius 3 is 2.45 bits per heavy atom. The molecule has 1 N–H and O–H groups in total. The van der Waals surface area contributed by atoms with Gasteiger partial charge in [-0.1, -0.05) is 35.5 Å². The second kappa shape index (κ2) is 9.21. The van der Waals surface area contributed by atoms with Crippen molar-refractivity contribution in [2.24, 2.45) is 0 Å².